The molecular weight excluding hydrogens is 276 g/mol. The van der Waals surface area contributed by atoms with E-state index in [1.807, 2.05) is 20.8 Å². The molecule has 0 aliphatic heterocycles. The van der Waals surface area contributed by atoms with Crippen LogP contribution >= 0.6 is 0 Å². The van der Waals surface area contributed by atoms with E-state index >= 15 is 0 Å². The van der Waals surface area contributed by atoms with Crippen molar-refractivity contribution >= 4 is 14.8 Å². The Morgan fingerprint density at radius 3 is 1.75 bits per heavy atom. The van der Waals surface area contributed by atoms with Gasteiger partial charge in [-0.1, -0.05) is 19.8 Å². The van der Waals surface area contributed by atoms with Gasteiger partial charge in [-0.25, -0.2) is 0 Å². The first-order valence-corrected chi connectivity index (χ1v) is 9.50. The molecule has 1 atom stereocenters. The minimum Gasteiger partial charge on any atom is -0.466 e. The van der Waals surface area contributed by atoms with Crippen LogP contribution in [0.25, 0.3) is 0 Å². The number of carbonyl (C=O) groups is 1. The van der Waals surface area contributed by atoms with Gasteiger partial charge in [-0.2, -0.15) is 0 Å². The van der Waals surface area contributed by atoms with E-state index in [-0.39, 0.29) is 5.97 Å². The highest BCUT2D eigenvalue weighted by Crippen LogP contribution is 2.32. The van der Waals surface area contributed by atoms with Gasteiger partial charge in [0.1, 0.15) is 5.54 Å². The standard InChI is InChI=1S/C14H30O5Si/c1-6-11-12-13(14(15)16-7-2)20(17-8-3,18-9-4)19-10-5/h13H,6-12H2,1-5H3. The van der Waals surface area contributed by atoms with Crippen molar-refractivity contribution in [2.45, 2.75) is 59.4 Å². The van der Waals surface area contributed by atoms with Crippen molar-refractivity contribution in [3.8, 4) is 0 Å². The third kappa shape index (κ3) is 5.91. The molecule has 0 amide bonds. The summed E-state index contributed by atoms with van der Waals surface area (Å²) in [6.45, 7) is 11.3. The molecule has 0 aliphatic carbocycles. The molecule has 6 heteroatoms. The van der Waals surface area contributed by atoms with Crippen LogP contribution in [0.4, 0.5) is 0 Å². The summed E-state index contributed by atoms with van der Waals surface area (Å²) in [5.74, 6) is -0.261. The van der Waals surface area contributed by atoms with Crippen LogP contribution in [-0.2, 0) is 22.8 Å². The summed E-state index contributed by atoms with van der Waals surface area (Å²) >= 11 is 0. The van der Waals surface area contributed by atoms with E-state index < -0.39 is 14.3 Å². The predicted octanol–water partition coefficient (Wildman–Crippen LogP) is 3.16. The lowest BCUT2D eigenvalue weighted by Crippen LogP contribution is -2.53. The molecule has 120 valence electrons. The van der Waals surface area contributed by atoms with Crippen LogP contribution < -0.4 is 0 Å². The molecule has 20 heavy (non-hydrogen) atoms. The Balaban J connectivity index is 5.25. The van der Waals surface area contributed by atoms with Gasteiger partial charge in [-0.3, -0.25) is 4.79 Å². The van der Waals surface area contributed by atoms with E-state index in [0.717, 1.165) is 12.8 Å². The lowest BCUT2D eigenvalue weighted by atomic mass is 10.2. The number of carbonyl (C=O) groups excluding carboxylic acids is 1. The first kappa shape index (κ1) is 19.6. The van der Waals surface area contributed by atoms with Crippen LogP contribution in [0.3, 0.4) is 0 Å². The highest BCUT2D eigenvalue weighted by molar-refractivity contribution is 6.66. The summed E-state index contributed by atoms with van der Waals surface area (Å²) in [4.78, 5) is 12.3. The number of ether oxygens (including phenoxy) is 1. The van der Waals surface area contributed by atoms with Gasteiger partial charge in [0.2, 0.25) is 0 Å². The van der Waals surface area contributed by atoms with Gasteiger partial charge in [0.25, 0.3) is 0 Å². The van der Waals surface area contributed by atoms with Crippen LogP contribution in [0.15, 0.2) is 0 Å². The molecule has 0 spiro atoms. The molecule has 0 aromatic rings. The largest absolute Gasteiger partial charge is 0.515 e. The molecule has 5 nitrogen and oxygen atoms in total. The van der Waals surface area contributed by atoms with E-state index in [4.69, 9.17) is 18.0 Å². The molecule has 0 radical (unpaired) electrons. The fourth-order valence-electron chi connectivity index (χ4n) is 2.12. The summed E-state index contributed by atoms with van der Waals surface area (Å²) in [6, 6.07) is 0. The van der Waals surface area contributed by atoms with Gasteiger partial charge >= 0.3 is 14.8 Å². The second kappa shape index (κ2) is 11.3. The zero-order valence-electron chi connectivity index (χ0n) is 13.6. The second-order valence-electron chi connectivity index (χ2n) is 4.35. The Morgan fingerprint density at radius 1 is 0.900 bits per heavy atom. The average molecular weight is 306 g/mol. The number of hydrogen-bond donors (Lipinski definition) is 0. The van der Waals surface area contributed by atoms with Crippen molar-refractivity contribution in [2.24, 2.45) is 0 Å². The Morgan fingerprint density at radius 2 is 1.40 bits per heavy atom. The topological polar surface area (TPSA) is 54.0 Å². The molecular formula is C14H30O5Si. The van der Waals surface area contributed by atoms with Gasteiger partial charge in [0, 0.05) is 19.8 Å². The van der Waals surface area contributed by atoms with Crippen molar-refractivity contribution in [3.63, 3.8) is 0 Å². The van der Waals surface area contributed by atoms with E-state index in [2.05, 4.69) is 6.92 Å². The molecule has 0 bridgehead atoms. The first-order valence-electron chi connectivity index (χ1n) is 7.70. The quantitative estimate of drug-likeness (QED) is 0.409. The van der Waals surface area contributed by atoms with E-state index in [9.17, 15) is 4.79 Å². The maximum atomic E-state index is 12.3. The van der Waals surface area contributed by atoms with Gasteiger partial charge in [-0.05, 0) is 34.1 Å². The molecule has 0 fully saturated rings. The van der Waals surface area contributed by atoms with E-state index in [1.165, 1.54) is 0 Å². The van der Waals surface area contributed by atoms with Crippen LogP contribution in [0, 0.1) is 0 Å². The number of esters is 1. The highest BCUT2D eigenvalue weighted by Gasteiger charge is 2.53. The van der Waals surface area contributed by atoms with E-state index in [0.29, 0.717) is 32.8 Å². The van der Waals surface area contributed by atoms with E-state index in [1.54, 1.807) is 6.92 Å². The number of rotatable bonds is 12. The maximum Gasteiger partial charge on any atom is 0.515 e. The zero-order valence-corrected chi connectivity index (χ0v) is 14.6. The molecule has 1 unspecified atom stereocenters. The lowest BCUT2D eigenvalue weighted by molar-refractivity contribution is -0.145. The second-order valence-corrected chi connectivity index (χ2v) is 7.12. The van der Waals surface area contributed by atoms with Gasteiger partial charge in [-0.15, -0.1) is 0 Å². The van der Waals surface area contributed by atoms with Crippen molar-refractivity contribution in [1.29, 1.82) is 0 Å². The van der Waals surface area contributed by atoms with Gasteiger partial charge in [0.15, 0.2) is 0 Å². The molecule has 0 aliphatic rings. The minimum absolute atomic E-state index is 0.261. The van der Waals surface area contributed by atoms with Crippen LogP contribution in [0.2, 0.25) is 5.54 Å². The molecule has 0 rings (SSSR count). The van der Waals surface area contributed by atoms with Gasteiger partial charge in [0.05, 0.1) is 6.61 Å². The third-order valence-electron chi connectivity index (χ3n) is 2.88. The Labute approximate surface area is 124 Å². The number of hydrogen-bond acceptors (Lipinski definition) is 5. The summed E-state index contributed by atoms with van der Waals surface area (Å²) < 4.78 is 22.7. The molecule has 0 saturated heterocycles. The highest BCUT2D eigenvalue weighted by atomic mass is 28.4. The summed E-state index contributed by atoms with van der Waals surface area (Å²) in [7, 11) is -3.04. The average Bonchev–Trinajstić information content (AvgIpc) is 2.40. The molecule has 0 aromatic carbocycles. The third-order valence-corrected chi connectivity index (χ3v) is 6.33. The van der Waals surface area contributed by atoms with Crippen molar-refractivity contribution in [1.82, 2.24) is 0 Å². The zero-order chi connectivity index (χ0) is 15.4. The van der Waals surface area contributed by atoms with Crippen LogP contribution in [0.1, 0.15) is 53.9 Å². The van der Waals surface area contributed by atoms with Crippen molar-refractivity contribution in [2.75, 3.05) is 26.4 Å². The maximum absolute atomic E-state index is 12.3. The summed E-state index contributed by atoms with van der Waals surface area (Å²) in [5, 5.41) is 0. The molecule has 0 N–H and O–H groups in total. The van der Waals surface area contributed by atoms with Gasteiger partial charge < -0.3 is 18.0 Å². The summed E-state index contributed by atoms with van der Waals surface area (Å²) in [5.41, 5.74) is -0.428. The van der Waals surface area contributed by atoms with Crippen molar-refractivity contribution < 1.29 is 22.8 Å². The monoisotopic (exact) mass is 306 g/mol. The molecule has 0 aromatic heterocycles. The Kier molecular flexibility index (Phi) is 11.0. The summed E-state index contributed by atoms with van der Waals surface area (Å²) in [6.07, 6.45) is 2.61. The number of unbranched alkanes of at least 4 members (excludes halogenated alkanes) is 1. The Hall–Kier alpha value is -0.433. The predicted molar refractivity (Wildman–Crippen MR) is 80.5 cm³/mol. The SMILES string of the molecule is CCCCC(C(=O)OCC)[Si](OCC)(OCC)OCC. The normalized spacial score (nSPS) is 13.2. The fourth-order valence-corrected chi connectivity index (χ4v) is 5.11. The minimum atomic E-state index is -3.04. The molecule has 0 heterocycles. The van der Waals surface area contributed by atoms with Crippen LogP contribution in [0.5, 0.6) is 0 Å². The first-order chi connectivity index (χ1) is 9.61. The molecule has 0 saturated carbocycles. The lowest BCUT2D eigenvalue weighted by Gasteiger charge is -2.33. The smallest absolute Gasteiger partial charge is 0.466 e. The van der Waals surface area contributed by atoms with Crippen LogP contribution in [-0.4, -0.2) is 41.2 Å². The van der Waals surface area contributed by atoms with Crippen molar-refractivity contribution in [3.05, 3.63) is 0 Å². The fraction of sp³-hybridized carbons (Fsp3) is 0.929. The Bertz CT molecular complexity index is 243.